The molecule has 0 aromatic heterocycles. The van der Waals surface area contributed by atoms with Crippen LogP contribution in [0.2, 0.25) is 0 Å². The molecule has 0 spiro atoms. The third kappa shape index (κ3) is 3.55. The maximum Gasteiger partial charge on any atom is 0.0940 e. The predicted molar refractivity (Wildman–Crippen MR) is 74.5 cm³/mol. The molecule has 2 atom stereocenters. The van der Waals surface area contributed by atoms with Crippen molar-refractivity contribution in [2.24, 2.45) is 0 Å². The minimum Gasteiger partial charge on any atom is -0.387 e. The fraction of sp³-hybridized carbons (Fsp3) is 0.600. The lowest BCUT2D eigenvalue weighted by Gasteiger charge is -2.33. The first-order valence-electron chi connectivity index (χ1n) is 6.84. The number of likely N-dealkylation sites (tertiary alicyclic amines) is 1. The molecule has 1 aliphatic heterocycles. The molecule has 3 nitrogen and oxygen atoms in total. The highest BCUT2D eigenvalue weighted by atomic mass is 16.3. The second-order valence-corrected chi connectivity index (χ2v) is 5.39. The van der Waals surface area contributed by atoms with Crippen LogP contribution in [0.1, 0.15) is 31.4 Å². The topological polar surface area (TPSA) is 35.5 Å². The van der Waals surface area contributed by atoms with Gasteiger partial charge >= 0.3 is 0 Å². The Bertz CT molecular complexity index is 347. The van der Waals surface area contributed by atoms with E-state index >= 15 is 0 Å². The summed E-state index contributed by atoms with van der Waals surface area (Å²) in [6.45, 7) is 4.35. The predicted octanol–water partition coefficient (Wildman–Crippen LogP) is 1.79. The lowest BCUT2D eigenvalue weighted by atomic mass is 10.00. The summed E-state index contributed by atoms with van der Waals surface area (Å²) >= 11 is 0. The van der Waals surface area contributed by atoms with Crippen LogP contribution in [-0.2, 0) is 0 Å². The Morgan fingerprint density at radius 3 is 2.44 bits per heavy atom. The standard InChI is InChI=1S/C15H24N2O/c1-12(15(18)13-6-4-3-5-7-13)16-14-8-10-17(2)11-9-14/h3-7,12,14-16,18H,8-11H2,1-2H3. The fourth-order valence-corrected chi connectivity index (χ4v) is 2.58. The van der Waals surface area contributed by atoms with Gasteiger partial charge in [-0.3, -0.25) is 0 Å². The molecule has 0 radical (unpaired) electrons. The summed E-state index contributed by atoms with van der Waals surface area (Å²) in [4.78, 5) is 2.36. The van der Waals surface area contributed by atoms with Crippen LogP contribution in [-0.4, -0.2) is 42.2 Å². The van der Waals surface area contributed by atoms with Gasteiger partial charge in [0.1, 0.15) is 0 Å². The van der Waals surface area contributed by atoms with Crippen LogP contribution in [0.25, 0.3) is 0 Å². The Morgan fingerprint density at radius 1 is 1.22 bits per heavy atom. The largest absolute Gasteiger partial charge is 0.387 e. The summed E-state index contributed by atoms with van der Waals surface area (Å²) < 4.78 is 0. The van der Waals surface area contributed by atoms with E-state index in [0.717, 1.165) is 18.7 Å². The van der Waals surface area contributed by atoms with Crippen LogP contribution < -0.4 is 5.32 Å². The zero-order valence-electron chi connectivity index (χ0n) is 11.3. The molecule has 18 heavy (non-hydrogen) atoms. The molecule has 0 aliphatic carbocycles. The van der Waals surface area contributed by atoms with Gasteiger partial charge in [-0.15, -0.1) is 0 Å². The third-order valence-corrected chi connectivity index (χ3v) is 3.83. The zero-order chi connectivity index (χ0) is 13.0. The van der Waals surface area contributed by atoms with Gasteiger partial charge in [0.05, 0.1) is 6.10 Å². The SMILES string of the molecule is CC(NC1CCN(C)CC1)C(O)c1ccccc1. The number of rotatable bonds is 4. The van der Waals surface area contributed by atoms with Gasteiger partial charge in [0.15, 0.2) is 0 Å². The first-order valence-corrected chi connectivity index (χ1v) is 6.84. The molecule has 1 fully saturated rings. The van der Waals surface area contributed by atoms with Gasteiger partial charge in [-0.25, -0.2) is 0 Å². The number of benzene rings is 1. The minimum absolute atomic E-state index is 0.0980. The Labute approximate surface area is 110 Å². The molecule has 0 amide bonds. The van der Waals surface area contributed by atoms with E-state index in [2.05, 4.69) is 24.2 Å². The smallest absolute Gasteiger partial charge is 0.0940 e. The Hall–Kier alpha value is -0.900. The normalized spacial score (nSPS) is 21.7. The highest BCUT2D eigenvalue weighted by Gasteiger charge is 2.22. The number of nitrogens with one attached hydrogen (secondary N) is 1. The second-order valence-electron chi connectivity index (χ2n) is 5.39. The average Bonchev–Trinajstić information content (AvgIpc) is 2.41. The Balaban J connectivity index is 1.86. The Morgan fingerprint density at radius 2 is 1.83 bits per heavy atom. The molecule has 1 aromatic rings. The van der Waals surface area contributed by atoms with Crippen molar-refractivity contribution in [3.05, 3.63) is 35.9 Å². The molecular weight excluding hydrogens is 224 g/mol. The lowest BCUT2D eigenvalue weighted by molar-refractivity contribution is 0.119. The maximum atomic E-state index is 10.3. The molecule has 2 unspecified atom stereocenters. The third-order valence-electron chi connectivity index (χ3n) is 3.83. The minimum atomic E-state index is -0.425. The molecule has 1 aliphatic rings. The fourth-order valence-electron chi connectivity index (χ4n) is 2.58. The van der Waals surface area contributed by atoms with Gasteiger partial charge in [-0.1, -0.05) is 30.3 Å². The highest BCUT2D eigenvalue weighted by Crippen LogP contribution is 2.18. The van der Waals surface area contributed by atoms with E-state index in [-0.39, 0.29) is 6.04 Å². The highest BCUT2D eigenvalue weighted by molar-refractivity contribution is 5.18. The van der Waals surface area contributed by atoms with Crippen LogP contribution in [0.15, 0.2) is 30.3 Å². The monoisotopic (exact) mass is 248 g/mol. The number of hydrogen-bond acceptors (Lipinski definition) is 3. The summed E-state index contributed by atoms with van der Waals surface area (Å²) in [7, 11) is 2.17. The second kappa shape index (κ2) is 6.32. The number of aliphatic hydroxyl groups is 1. The van der Waals surface area contributed by atoms with Gasteiger partial charge in [-0.2, -0.15) is 0 Å². The summed E-state index contributed by atoms with van der Waals surface area (Å²) in [6, 6.07) is 10.5. The zero-order valence-corrected chi connectivity index (χ0v) is 11.3. The molecule has 1 saturated heterocycles. The van der Waals surface area contributed by atoms with Gasteiger partial charge in [0, 0.05) is 12.1 Å². The molecule has 0 bridgehead atoms. The van der Waals surface area contributed by atoms with E-state index in [0.29, 0.717) is 6.04 Å². The first kappa shape index (κ1) is 13.5. The summed E-state index contributed by atoms with van der Waals surface area (Å²) in [6.07, 6.45) is 1.91. The quantitative estimate of drug-likeness (QED) is 0.853. The van der Waals surface area contributed by atoms with Crippen LogP contribution in [0.3, 0.4) is 0 Å². The van der Waals surface area contributed by atoms with E-state index < -0.39 is 6.10 Å². The van der Waals surface area contributed by atoms with Gasteiger partial charge in [0.25, 0.3) is 0 Å². The van der Waals surface area contributed by atoms with Crippen molar-refractivity contribution in [1.82, 2.24) is 10.2 Å². The summed E-state index contributed by atoms with van der Waals surface area (Å²) in [5.74, 6) is 0. The Kier molecular flexibility index (Phi) is 4.75. The summed E-state index contributed by atoms with van der Waals surface area (Å²) in [5.41, 5.74) is 0.991. The van der Waals surface area contributed by atoms with E-state index in [1.54, 1.807) is 0 Å². The van der Waals surface area contributed by atoms with Crippen LogP contribution in [0.5, 0.6) is 0 Å². The molecule has 2 rings (SSSR count). The van der Waals surface area contributed by atoms with Crippen molar-refractivity contribution >= 4 is 0 Å². The van der Waals surface area contributed by atoms with Gasteiger partial charge in [-0.05, 0) is 45.5 Å². The van der Waals surface area contributed by atoms with Crippen molar-refractivity contribution in [2.75, 3.05) is 20.1 Å². The van der Waals surface area contributed by atoms with Crippen molar-refractivity contribution < 1.29 is 5.11 Å². The number of piperidine rings is 1. The van der Waals surface area contributed by atoms with Crippen molar-refractivity contribution in [2.45, 2.75) is 38.0 Å². The first-order chi connectivity index (χ1) is 8.66. The van der Waals surface area contributed by atoms with Crippen molar-refractivity contribution in [3.63, 3.8) is 0 Å². The lowest BCUT2D eigenvalue weighted by Crippen LogP contribution is -2.46. The molecule has 0 saturated carbocycles. The van der Waals surface area contributed by atoms with E-state index in [1.165, 1.54) is 12.8 Å². The molecular formula is C15H24N2O. The van der Waals surface area contributed by atoms with Crippen LogP contribution >= 0.6 is 0 Å². The maximum absolute atomic E-state index is 10.3. The number of nitrogens with zero attached hydrogens (tertiary/aromatic N) is 1. The number of hydrogen-bond donors (Lipinski definition) is 2. The van der Waals surface area contributed by atoms with E-state index in [9.17, 15) is 5.11 Å². The van der Waals surface area contributed by atoms with Crippen LogP contribution in [0.4, 0.5) is 0 Å². The summed E-state index contributed by atoms with van der Waals surface area (Å²) in [5, 5.41) is 13.9. The van der Waals surface area contributed by atoms with Gasteiger partial charge < -0.3 is 15.3 Å². The van der Waals surface area contributed by atoms with Crippen molar-refractivity contribution in [1.29, 1.82) is 0 Å². The molecule has 3 heteroatoms. The van der Waals surface area contributed by atoms with Crippen LogP contribution in [0, 0.1) is 0 Å². The van der Waals surface area contributed by atoms with Crippen molar-refractivity contribution in [3.8, 4) is 0 Å². The van der Waals surface area contributed by atoms with E-state index in [1.807, 2.05) is 30.3 Å². The molecule has 1 heterocycles. The van der Waals surface area contributed by atoms with Gasteiger partial charge in [0.2, 0.25) is 0 Å². The number of aliphatic hydroxyl groups excluding tert-OH is 1. The molecule has 100 valence electrons. The average molecular weight is 248 g/mol. The molecule has 1 aromatic carbocycles. The molecule has 2 N–H and O–H groups in total. The van der Waals surface area contributed by atoms with E-state index in [4.69, 9.17) is 0 Å².